The van der Waals surface area contributed by atoms with E-state index < -0.39 is 18.3 Å². The largest absolute Gasteiger partial charge is 0.416 e. The second-order valence-electron chi connectivity index (χ2n) is 3.84. The quantitative estimate of drug-likeness (QED) is 0.757. The Kier molecular flexibility index (Phi) is 2.84. The molecule has 4 N–H and O–H groups in total. The Balaban J connectivity index is 2.32. The monoisotopic (exact) mass is 244 g/mol. The summed E-state index contributed by atoms with van der Waals surface area (Å²) in [6, 6.07) is 4.89. The maximum atomic E-state index is 12.3. The lowest BCUT2D eigenvalue weighted by Gasteiger charge is -2.21. The molecule has 0 fully saturated rings. The van der Waals surface area contributed by atoms with Gasteiger partial charge >= 0.3 is 6.18 Å². The van der Waals surface area contributed by atoms with Crippen LogP contribution in [0.4, 0.5) is 13.2 Å². The fraction of sp³-hybridized carbons (Fsp3) is 0.273. The fourth-order valence-electron chi connectivity index (χ4n) is 1.66. The Labute approximate surface area is 95.0 Å². The Morgan fingerprint density at radius 2 is 1.94 bits per heavy atom. The van der Waals surface area contributed by atoms with Crippen molar-refractivity contribution in [3.05, 3.63) is 36.0 Å². The zero-order chi connectivity index (χ0) is 12.6. The molecule has 0 bridgehead atoms. The summed E-state index contributed by atoms with van der Waals surface area (Å²) in [6.45, 7) is 0. The molecule has 3 nitrogen and oxygen atoms in total. The third-order valence-electron chi connectivity index (χ3n) is 2.64. The van der Waals surface area contributed by atoms with Gasteiger partial charge in [0.2, 0.25) is 0 Å². The molecule has 17 heavy (non-hydrogen) atoms. The number of nitrogens with two attached hydrogens (primary N) is 1. The molecule has 2 atom stereocenters. The first kappa shape index (κ1) is 11.9. The van der Waals surface area contributed by atoms with Crippen molar-refractivity contribution in [2.75, 3.05) is 0 Å². The number of aliphatic hydroxyl groups excluding tert-OH is 1. The molecule has 0 unspecified atom stereocenters. The lowest BCUT2D eigenvalue weighted by molar-refractivity contribution is -0.210. The van der Waals surface area contributed by atoms with Gasteiger partial charge in [0.25, 0.3) is 0 Å². The Morgan fingerprint density at radius 3 is 2.59 bits per heavy atom. The highest BCUT2D eigenvalue weighted by atomic mass is 19.4. The van der Waals surface area contributed by atoms with E-state index in [1.54, 1.807) is 18.3 Å². The number of H-pyrrole nitrogens is 1. The minimum absolute atomic E-state index is 0.252. The van der Waals surface area contributed by atoms with Crippen LogP contribution in [0.15, 0.2) is 30.5 Å². The summed E-state index contributed by atoms with van der Waals surface area (Å²) in [6.07, 6.45) is -5.59. The fourth-order valence-corrected chi connectivity index (χ4v) is 1.66. The van der Waals surface area contributed by atoms with E-state index in [2.05, 4.69) is 4.98 Å². The van der Waals surface area contributed by atoms with Crippen LogP contribution in [0.25, 0.3) is 10.9 Å². The number of hydrogen-bond donors (Lipinski definition) is 3. The molecule has 1 aromatic carbocycles. The van der Waals surface area contributed by atoms with Gasteiger partial charge in [-0.1, -0.05) is 6.07 Å². The third-order valence-corrected chi connectivity index (χ3v) is 2.64. The van der Waals surface area contributed by atoms with E-state index in [1.807, 2.05) is 0 Å². The standard InChI is InChI=1S/C11H11F3N2O/c12-11(13,14)10(17)9(15)7-1-2-8-6(5-7)3-4-16-8/h1-5,9-10,16-17H,15H2/t9-,10-/m1/s1. The molecule has 0 radical (unpaired) electrons. The minimum Gasteiger partial charge on any atom is -0.382 e. The van der Waals surface area contributed by atoms with Crippen molar-refractivity contribution in [3.8, 4) is 0 Å². The van der Waals surface area contributed by atoms with Gasteiger partial charge in [-0.15, -0.1) is 0 Å². The zero-order valence-electron chi connectivity index (χ0n) is 8.70. The van der Waals surface area contributed by atoms with Gasteiger partial charge in [-0.25, -0.2) is 0 Å². The molecular formula is C11H11F3N2O. The van der Waals surface area contributed by atoms with Crippen LogP contribution in [0.3, 0.4) is 0 Å². The SMILES string of the molecule is N[C@H](c1ccc2[nH]ccc2c1)[C@@H](O)C(F)(F)F. The molecule has 2 aromatic rings. The first-order valence-corrected chi connectivity index (χ1v) is 4.97. The van der Waals surface area contributed by atoms with Crippen LogP contribution in [-0.2, 0) is 0 Å². The van der Waals surface area contributed by atoms with Crippen LogP contribution in [0.5, 0.6) is 0 Å². The summed E-state index contributed by atoms with van der Waals surface area (Å²) < 4.78 is 36.9. The molecule has 0 saturated carbocycles. The van der Waals surface area contributed by atoms with Crippen molar-refractivity contribution in [1.29, 1.82) is 0 Å². The maximum Gasteiger partial charge on any atom is 0.416 e. The molecule has 2 rings (SSSR count). The van der Waals surface area contributed by atoms with Crippen molar-refractivity contribution in [1.82, 2.24) is 4.98 Å². The lowest BCUT2D eigenvalue weighted by atomic mass is 10.0. The van der Waals surface area contributed by atoms with Gasteiger partial charge in [-0.2, -0.15) is 13.2 Å². The number of benzene rings is 1. The normalized spacial score (nSPS) is 16.1. The minimum atomic E-state index is -4.72. The van der Waals surface area contributed by atoms with Crippen molar-refractivity contribution < 1.29 is 18.3 Å². The van der Waals surface area contributed by atoms with E-state index in [9.17, 15) is 13.2 Å². The van der Waals surface area contributed by atoms with Gasteiger partial charge in [0.15, 0.2) is 6.10 Å². The number of hydrogen-bond acceptors (Lipinski definition) is 2. The molecule has 0 amide bonds. The summed E-state index contributed by atoms with van der Waals surface area (Å²) in [4.78, 5) is 2.92. The lowest BCUT2D eigenvalue weighted by Crippen LogP contribution is -2.38. The molecule has 0 aliphatic rings. The number of aliphatic hydroxyl groups is 1. The summed E-state index contributed by atoms with van der Waals surface area (Å²) in [7, 11) is 0. The first-order valence-electron chi connectivity index (χ1n) is 4.97. The third kappa shape index (κ3) is 2.27. The van der Waals surface area contributed by atoms with Gasteiger partial charge in [-0.05, 0) is 29.1 Å². The number of rotatable bonds is 2. The molecule has 1 aromatic heterocycles. The van der Waals surface area contributed by atoms with Gasteiger partial charge in [0.05, 0.1) is 6.04 Å². The van der Waals surface area contributed by atoms with Crippen LogP contribution >= 0.6 is 0 Å². The van der Waals surface area contributed by atoms with E-state index in [4.69, 9.17) is 10.8 Å². The van der Waals surface area contributed by atoms with Gasteiger partial charge < -0.3 is 15.8 Å². The van der Waals surface area contributed by atoms with E-state index in [1.165, 1.54) is 12.1 Å². The molecule has 1 heterocycles. The van der Waals surface area contributed by atoms with Crippen LogP contribution in [-0.4, -0.2) is 22.4 Å². The highest BCUT2D eigenvalue weighted by Gasteiger charge is 2.42. The highest BCUT2D eigenvalue weighted by Crippen LogP contribution is 2.29. The van der Waals surface area contributed by atoms with Gasteiger partial charge in [0.1, 0.15) is 0 Å². The second-order valence-corrected chi connectivity index (χ2v) is 3.84. The molecule has 0 spiro atoms. The Hall–Kier alpha value is -1.53. The van der Waals surface area contributed by atoms with Crippen molar-refractivity contribution in [2.24, 2.45) is 5.73 Å². The number of fused-ring (bicyclic) bond motifs is 1. The number of nitrogens with one attached hydrogen (secondary N) is 1. The zero-order valence-corrected chi connectivity index (χ0v) is 8.70. The molecule has 6 heteroatoms. The van der Waals surface area contributed by atoms with Crippen molar-refractivity contribution in [2.45, 2.75) is 18.3 Å². The average molecular weight is 244 g/mol. The average Bonchev–Trinajstić information content (AvgIpc) is 2.72. The van der Waals surface area contributed by atoms with Gasteiger partial charge in [0, 0.05) is 11.7 Å². The summed E-state index contributed by atoms with van der Waals surface area (Å²) in [5.74, 6) is 0. The van der Waals surface area contributed by atoms with Crippen molar-refractivity contribution >= 4 is 10.9 Å². The second kappa shape index (κ2) is 4.05. The molecule has 0 aliphatic carbocycles. The van der Waals surface area contributed by atoms with E-state index in [0.717, 1.165) is 10.9 Å². The molecule has 0 saturated heterocycles. The van der Waals surface area contributed by atoms with Gasteiger partial charge in [-0.3, -0.25) is 0 Å². The predicted molar refractivity (Wildman–Crippen MR) is 57.3 cm³/mol. The number of halogens is 3. The smallest absolute Gasteiger partial charge is 0.382 e. The molecule has 92 valence electrons. The van der Waals surface area contributed by atoms with Crippen LogP contribution < -0.4 is 5.73 Å². The summed E-state index contributed by atoms with van der Waals surface area (Å²) in [5, 5.41) is 9.83. The number of alkyl halides is 3. The maximum absolute atomic E-state index is 12.3. The van der Waals surface area contributed by atoms with Crippen LogP contribution in [0.1, 0.15) is 11.6 Å². The van der Waals surface area contributed by atoms with E-state index in [0.29, 0.717) is 0 Å². The van der Waals surface area contributed by atoms with Crippen molar-refractivity contribution in [3.63, 3.8) is 0 Å². The van der Waals surface area contributed by atoms with Crippen LogP contribution in [0, 0.1) is 0 Å². The Bertz CT molecular complexity index is 521. The highest BCUT2D eigenvalue weighted by molar-refractivity contribution is 5.80. The Morgan fingerprint density at radius 1 is 1.24 bits per heavy atom. The summed E-state index contributed by atoms with van der Waals surface area (Å²) >= 11 is 0. The van der Waals surface area contributed by atoms with E-state index >= 15 is 0 Å². The molecule has 0 aliphatic heterocycles. The topological polar surface area (TPSA) is 62.0 Å². The predicted octanol–water partition coefficient (Wildman–Crippen LogP) is 2.09. The number of aromatic amines is 1. The number of aromatic nitrogens is 1. The van der Waals surface area contributed by atoms with Crippen LogP contribution in [0.2, 0.25) is 0 Å². The summed E-state index contributed by atoms with van der Waals surface area (Å²) in [5.41, 5.74) is 6.46. The van der Waals surface area contributed by atoms with E-state index in [-0.39, 0.29) is 5.56 Å². The first-order chi connectivity index (χ1) is 7.89. The molecular weight excluding hydrogens is 233 g/mol.